The Kier molecular flexibility index (Phi) is 4.23. The molecule has 0 bridgehead atoms. The van der Waals surface area contributed by atoms with E-state index in [0.717, 1.165) is 0 Å². The first-order valence-corrected chi connectivity index (χ1v) is 7.80. The molecule has 0 spiro atoms. The minimum atomic E-state index is -1.06. The summed E-state index contributed by atoms with van der Waals surface area (Å²) in [5.41, 5.74) is 0.606. The maximum Gasteiger partial charge on any atom is 0.337 e. The van der Waals surface area contributed by atoms with Crippen LogP contribution in [0.15, 0.2) is 28.6 Å². The largest absolute Gasteiger partial charge is 0.478 e. The standard InChI is InChI=1S/C17H17N5O3/c1-3-4-5-17(20-21-17)6-7-18-15(23)13-9-11-8-12(16(24)25)10-19-14(11)22(13)2/h1,8-10H,4-7H2,2H3,(H,18,23)(H,24,25). The predicted molar refractivity (Wildman–Crippen MR) is 90.3 cm³/mol. The fourth-order valence-corrected chi connectivity index (χ4v) is 2.69. The number of carboxylic acid groups (broad SMARTS) is 1. The van der Waals surface area contributed by atoms with Crippen LogP contribution in [-0.2, 0) is 7.05 Å². The van der Waals surface area contributed by atoms with Crippen molar-refractivity contribution >= 4 is 22.9 Å². The van der Waals surface area contributed by atoms with Gasteiger partial charge >= 0.3 is 5.97 Å². The minimum Gasteiger partial charge on any atom is -0.478 e. The molecule has 0 aliphatic carbocycles. The van der Waals surface area contributed by atoms with Crippen molar-refractivity contribution in [2.75, 3.05) is 6.54 Å². The number of hydrogen-bond acceptors (Lipinski definition) is 5. The highest BCUT2D eigenvalue weighted by molar-refractivity contribution is 5.99. The number of aryl methyl sites for hydroxylation is 1. The summed E-state index contributed by atoms with van der Waals surface area (Å²) in [5.74, 6) is 1.25. The Hall–Kier alpha value is -3.21. The molecule has 128 valence electrons. The molecule has 2 aromatic heterocycles. The van der Waals surface area contributed by atoms with Gasteiger partial charge in [-0.3, -0.25) is 4.79 Å². The van der Waals surface area contributed by atoms with Gasteiger partial charge in [-0.05, 0) is 12.1 Å². The van der Waals surface area contributed by atoms with Crippen LogP contribution < -0.4 is 5.32 Å². The molecule has 1 aliphatic rings. The van der Waals surface area contributed by atoms with Gasteiger partial charge in [0.1, 0.15) is 11.3 Å². The van der Waals surface area contributed by atoms with Crippen molar-refractivity contribution in [2.45, 2.75) is 24.9 Å². The number of aromatic carboxylic acids is 1. The van der Waals surface area contributed by atoms with Crippen molar-refractivity contribution in [1.82, 2.24) is 14.9 Å². The van der Waals surface area contributed by atoms with Crippen molar-refractivity contribution in [1.29, 1.82) is 0 Å². The van der Waals surface area contributed by atoms with Crippen molar-refractivity contribution < 1.29 is 14.7 Å². The molecule has 0 fully saturated rings. The molecule has 0 atom stereocenters. The highest BCUT2D eigenvalue weighted by atomic mass is 16.4. The smallest absolute Gasteiger partial charge is 0.337 e. The highest BCUT2D eigenvalue weighted by Crippen LogP contribution is 2.36. The molecule has 1 amide bonds. The van der Waals surface area contributed by atoms with E-state index in [4.69, 9.17) is 11.5 Å². The van der Waals surface area contributed by atoms with E-state index < -0.39 is 11.6 Å². The second-order valence-electron chi connectivity index (χ2n) is 5.92. The molecule has 3 rings (SSSR count). The molecule has 8 heteroatoms. The molecule has 0 radical (unpaired) electrons. The molecule has 2 aromatic rings. The van der Waals surface area contributed by atoms with Crippen LogP contribution in [0.4, 0.5) is 0 Å². The fraction of sp³-hybridized carbons (Fsp3) is 0.353. The van der Waals surface area contributed by atoms with E-state index in [9.17, 15) is 9.59 Å². The zero-order valence-corrected chi connectivity index (χ0v) is 13.7. The number of carboxylic acids is 1. The SMILES string of the molecule is C#CCCC1(CCNC(=O)c2cc3cc(C(=O)O)cnc3n2C)N=N1. The van der Waals surface area contributed by atoms with Crippen molar-refractivity contribution in [3.8, 4) is 12.3 Å². The number of carbonyl (C=O) groups is 2. The average Bonchev–Trinajstić information content (AvgIpc) is 3.29. The summed E-state index contributed by atoms with van der Waals surface area (Å²) in [5, 5.41) is 20.5. The molecule has 3 heterocycles. The maximum absolute atomic E-state index is 12.4. The van der Waals surface area contributed by atoms with Gasteiger partial charge in [0, 0.05) is 44.4 Å². The number of nitrogens with zero attached hydrogens (tertiary/aromatic N) is 4. The minimum absolute atomic E-state index is 0.0810. The van der Waals surface area contributed by atoms with Gasteiger partial charge in [0.05, 0.1) is 5.56 Å². The Morgan fingerprint density at radius 2 is 2.12 bits per heavy atom. The number of rotatable bonds is 7. The number of hydrogen-bond donors (Lipinski definition) is 2. The van der Waals surface area contributed by atoms with Crippen LogP contribution in [0.25, 0.3) is 11.0 Å². The normalized spacial score (nSPS) is 14.2. The van der Waals surface area contributed by atoms with Crippen molar-refractivity contribution in [3.05, 3.63) is 29.6 Å². The van der Waals surface area contributed by atoms with E-state index in [1.54, 1.807) is 17.7 Å². The third-order valence-corrected chi connectivity index (χ3v) is 4.21. The van der Waals surface area contributed by atoms with Gasteiger partial charge in [-0.25, -0.2) is 9.78 Å². The van der Waals surface area contributed by atoms with Gasteiger partial charge in [-0.1, -0.05) is 0 Å². The lowest BCUT2D eigenvalue weighted by molar-refractivity contribution is 0.0696. The number of carbonyl (C=O) groups excluding carboxylic acids is 1. The lowest BCUT2D eigenvalue weighted by Crippen LogP contribution is -2.29. The first kappa shape index (κ1) is 16.6. The molecule has 0 aromatic carbocycles. The van der Waals surface area contributed by atoms with E-state index in [-0.39, 0.29) is 11.5 Å². The van der Waals surface area contributed by atoms with Gasteiger partial charge in [0.25, 0.3) is 5.91 Å². The lowest BCUT2D eigenvalue weighted by Gasteiger charge is -2.10. The quantitative estimate of drug-likeness (QED) is 0.752. The average molecular weight is 339 g/mol. The third kappa shape index (κ3) is 3.35. The van der Waals surface area contributed by atoms with Crippen LogP contribution in [-0.4, -0.2) is 38.7 Å². The van der Waals surface area contributed by atoms with Crippen LogP contribution in [0.5, 0.6) is 0 Å². The molecule has 0 unspecified atom stereocenters. The Morgan fingerprint density at radius 1 is 1.36 bits per heavy atom. The lowest BCUT2D eigenvalue weighted by atomic mass is 10.0. The number of nitrogens with one attached hydrogen (secondary N) is 1. The van der Waals surface area contributed by atoms with E-state index in [1.807, 2.05) is 0 Å². The zero-order valence-electron chi connectivity index (χ0n) is 13.7. The van der Waals surface area contributed by atoms with Crippen LogP contribution in [0.1, 0.15) is 40.1 Å². The van der Waals surface area contributed by atoms with E-state index in [0.29, 0.717) is 42.5 Å². The molecule has 1 aliphatic heterocycles. The van der Waals surface area contributed by atoms with E-state index >= 15 is 0 Å². The molecule has 25 heavy (non-hydrogen) atoms. The molecule has 0 saturated heterocycles. The summed E-state index contributed by atoms with van der Waals surface area (Å²) in [6.45, 7) is 0.422. The summed E-state index contributed by atoms with van der Waals surface area (Å²) in [6, 6.07) is 3.13. The van der Waals surface area contributed by atoms with Gasteiger partial charge in [-0.2, -0.15) is 10.2 Å². The highest BCUT2D eigenvalue weighted by Gasteiger charge is 2.38. The van der Waals surface area contributed by atoms with E-state index in [2.05, 4.69) is 26.4 Å². The van der Waals surface area contributed by atoms with Crippen LogP contribution in [0.2, 0.25) is 0 Å². The van der Waals surface area contributed by atoms with Crippen LogP contribution in [0, 0.1) is 12.3 Å². The fourth-order valence-electron chi connectivity index (χ4n) is 2.69. The molecule has 2 N–H and O–H groups in total. The zero-order chi connectivity index (χ0) is 18.0. The summed E-state index contributed by atoms with van der Waals surface area (Å²) in [7, 11) is 1.71. The number of aromatic nitrogens is 2. The molecule has 8 nitrogen and oxygen atoms in total. The van der Waals surface area contributed by atoms with Gasteiger partial charge < -0.3 is 15.0 Å². The van der Waals surface area contributed by atoms with Crippen LogP contribution >= 0.6 is 0 Å². The topological polar surface area (TPSA) is 109 Å². The number of terminal acetylenes is 1. The summed E-state index contributed by atoms with van der Waals surface area (Å²) >= 11 is 0. The first-order valence-electron chi connectivity index (χ1n) is 7.80. The Balaban J connectivity index is 1.67. The summed E-state index contributed by atoms with van der Waals surface area (Å²) in [6.07, 6.45) is 8.42. The van der Waals surface area contributed by atoms with E-state index in [1.165, 1.54) is 12.3 Å². The molecular formula is C17H17N5O3. The van der Waals surface area contributed by atoms with Crippen LogP contribution in [0.3, 0.4) is 0 Å². The van der Waals surface area contributed by atoms with Gasteiger partial charge in [0.15, 0.2) is 5.66 Å². The molecule has 0 saturated carbocycles. The predicted octanol–water partition coefficient (Wildman–Crippen LogP) is 1.97. The van der Waals surface area contributed by atoms with Crippen molar-refractivity contribution in [2.24, 2.45) is 17.3 Å². The third-order valence-electron chi connectivity index (χ3n) is 4.21. The van der Waals surface area contributed by atoms with Crippen molar-refractivity contribution in [3.63, 3.8) is 0 Å². The monoisotopic (exact) mass is 339 g/mol. The number of pyridine rings is 1. The second-order valence-corrected chi connectivity index (χ2v) is 5.92. The Morgan fingerprint density at radius 3 is 2.76 bits per heavy atom. The molecular weight excluding hydrogens is 322 g/mol. The first-order chi connectivity index (χ1) is 12.0. The Labute approximate surface area is 144 Å². The second kappa shape index (κ2) is 6.36. The Bertz CT molecular complexity index is 916. The maximum atomic E-state index is 12.4. The van der Waals surface area contributed by atoms with Gasteiger partial charge in [0.2, 0.25) is 0 Å². The summed E-state index contributed by atoms with van der Waals surface area (Å²) < 4.78 is 1.64. The number of fused-ring (bicyclic) bond motifs is 1. The number of amides is 1. The van der Waals surface area contributed by atoms with Gasteiger partial charge in [-0.15, -0.1) is 12.3 Å². The summed E-state index contributed by atoms with van der Waals surface area (Å²) in [4.78, 5) is 27.6.